The van der Waals surface area contributed by atoms with Crippen LogP contribution in [0.15, 0.2) is 47.7 Å². The molecule has 1 aromatic heterocycles. The predicted octanol–water partition coefficient (Wildman–Crippen LogP) is 4.03. The topological polar surface area (TPSA) is 57.5 Å². The zero-order valence-corrected chi connectivity index (χ0v) is 11.7. The zero-order chi connectivity index (χ0) is 16.2. The second-order valence-corrected chi connectivity index (χ2v) is 4.50. The van der Waals surface area contributed by atoms with Crippen molar-refractivity contribution in [2.24, 2.45) is 5.10 Å². The van der Waals surface area contributed by atoms with Gasteiger partial charge in [0.05, 0.1) is 11.3 Å². The van der Waals surface area contributed by atoms with Crippen LogP contribution in [0.1, 0.15) is 24.5 Å². The number of alkyl halides is 3. The molecule has 1 heterocycles. The number of anilines is 1. The number of halogens is 3. The van der Waals surface area contributed by atoms with E-state index in [0.29, 0.717) is 12.1 Å². The summed E-state index contributed by atoms with van der Waals surface area (Å²) >= 11 is 0. The van der Waals surface area contributed by atoms with Crippen LogP contribution in [-0.4, -0.2) is 15.8 Å². The van der Waals surface area contributed by atoms with Crippen LogP contribution in [0.25, 0.3) is 0 Å². The minimum atomic E-state index is -4.41. The summed E-state index contributed by atoms with van der Waals surface area (Å²) in [4.78, 5) is 3.68. The molecule has 0 atom stereocenters. The van der Waals surface area contributed by atoms with E-state index >= 15 is 0 Å². The maximum absolute atomic E-state index is 12.4. The van der Waals surface area contributed by atoms with E-state index in [0.717, 1.165) is 17.8 Å². The monoisotopic (exact) mass is 309 g/mol. The van der Waals surface area contributed by atoms with E-state index in [4.69, 9.17) is 0 Å². The summed E-state index contributed by atoms with van der Waals surface area (Å²) in [5, 5.41) is 13.4. The number of nitrogens with one attached hydrogen (secondary N) is 1. The first kappa shape index (κ1) is 15.8. The molecular formula is C15H14F3N3O. The normalized spacial score (nSPS) is 12.3. The van der Waals surface area contributed by atoms with Gasteiger partial charge in [-0.1, -0.05) is 6.92 Å². The molecule has 0 aliphatic carbocycles. The van der Waals surface area contributed by atoms with Crippen molar-refractivity contribution in [3.8, 4) is 5.75 Å². The van der Waals surface area contributed by atoms with Crippen molar-refractivity contribution in [2.75, 3.05) is 5.43 Å². The quantitative estimate of drug-likeness (QED) is 0.662. The number of hydrogen-bond donors (Lipinski definition) is 2. The fraction of sp³-hybridized carbons (Fsp3) is 0.200. The average molecular weight is 309 g/mol. The van der Waals surface area contributed by atoms with E-state index in [1.807, 2.05) is 6.92 Å². The number of aromatic hydroxyl groups is 1. The molecule has 0 saturated carbocycles. The Kier molecular flexibility index (Phi) is 4.65. The lowest BCUT2D eigenvalue weighted by Gasteiger charge is -2.08. The molecule has 0 bridgehead atoms. The number of phenols is 1. The first-order chi connectivity index (χ1) is 10.4. The molecule has 0 unspecified atom stereocenters. The van der Waals surface area contributed by atoms with E-state index in [-0.39, 0.29) is 11.6 Å². The maximum Gasteiger partial charge on any atom is 0.417 e. The molecule has 0 aliphatic heterocycles. The predicted molar refractivity (Wildman–Crippen MR) is 77.8 cm³/mol. The highest BCUT2D eigenvalue weighted by atomic mass is 19.4. The molecular weight excluding hydrogens is 295 g/mol. The Balaban J connectivity index is 2.13. The Bertz CT molecular complexity index is 649. The van der Waals surface area contributed by atoms with E-state index in [9.17, 15) is 18.3 Å². The first-order valence-electron chi connectivity index (χ1n) is 6.55. The largest absolute Gasteiger partial charge is 0.508 e. The third-order valence-corrected chi connectivity index (χ3v) is 2.93. The SMILES string of the molecule is CC/C(=N\Nc1ccc(C(F)(F)F)cn1)c1ccc(O)cc1. The van der Waals surface area contributed by atoms with Crippen molar-refractivity contribution in [3.63, 3.8) is 0 Å². The van der Waals surface area contributed by atoms with Crippen LogP contribution in [0.4, 0.5) is 19.0 Å². The van der Waals surface area contributed by atoms with Gasteiger partial charge in [-0.2, -0.15) is 18.3 Å². The summed E-state index contributed by atoms with van der Waals surface area (Å²) in [6.07, 6.45) is -3.04. The molecule has 2 N–H and O–H groups in total. The van der Waals surface area contributed by atoms with Crippen molar-refractivity contribution in [2.45, 2.75) is 19.5 Å². The van der Waals surface area contributed by atoms with Gasteiger partial charge in [0.25, 0.3) is 0 Å². The number of nitrogens with zero attached hydrogens (tertiary/aromatic N) is 2. The van der Waals surface area contributed by atoms with Crippen LogP contribution in [0.3, 0.4) is 0 Å². The Morgan fingerprint density at radius 3 is 2.36 bits per heavy atom. The van der Waals surface area contributed by atoms with Crippen LogP contribution in [0.2, 0.25) is 0 Å². The molecule has 0 saturated heterocycles. The summed E-state index contributed by atoms with van der Waals surface area (Å²) in [7, 11) is 0. The standard InChI is InChI=1S/C15H14F3N3O/c1-2-13(10-3-6-12(22)7-4-10)20-21-14-8-5-11(9-19-14)15(16,17)18/h3-9,22H,2H2,1H3,(H,19,21)/b20-13+. The Hall–Kier alpha value is -2.57. The molecule has 22 heavy (non-hydrogen) atoms. The minimum Gasteiger partial charge on any atom is -0.508 e. The number of rotatable bonds is 4. The van der Waals surface area contributed by atoms with Crippen LogP contribution < -0.4 is 5.43 Å². The number of phenolic OH excluding ortho intramolecular Hbond substituents is 1. The van der Waals surface area contributed by atoms with Gasteiger partial charge in [0.2, 0.25) is 0 Å². The van der Waals surface area contributed by atoms with Gasteiger partial charge in [-0.15, -0.1) is 0 Å². The van der Waals surface area contributed by atoms with Crippen LogP contribution in [-0.2, 0) is 6.18 Å². The zero-order valence-electron chi connectivity index (χ0n) is 11.7. The second-order valence-electron chi connectivity index (χ2n) is 4.50. The van der Waals surface area contributed by atoms with Gasteiger partial charge in [0.1, 0.15) is 11.6 Å². The molecule has 2 rings (SSSR count). The van der Waals surface area contributed by atoms with Crippen molar-refractivity contribution >= 4 is 11.5 Å². The van der Waals surface area contributed by atoms with E-state index < -0.39 is 11.7 Å². The molecule has 0 spiro atoms. The molecule has 0 amide bonds. The van der Waals surface area contributed by atoms with Crippen molar-refractivity contribution in [3.05, 3.63) is 53.7 Å². The van der Waals surface area contributed by atoms with Gasteiger partial charge >= 0.3 is 6.18 Å². The maximum atomic E-state index is 12.4. The molecule has 0 fully saturated rings. The number of benzene rings is 1. The molecule has 0 radical (unpaired) electrons. The Morgan fingerprint density at radius 1 is 1.18 bits per heavy atom. The number of aromatic nitrogens is 1. The van der Waals surface area contributed by atoms with Crippen molar-refractivity contribution in [1.82, 2.24) is 4.98 Å². The second kappa shape index (κ2) is 6.46. The first-order valence-corrected chi connectivity index (χ1v) is 6.55. The fourth-order valence-corrected chi connectivity index (χ4v) is 1.75. The van der Waals surface area contributed by atoms with E-state index in [1.54, 1.807) is 12.1 Å². The van der Waals surface area contributed by atoms with Gasteiger partial charge in [0.15, 0.2) is 0 Å². The molecule has 1 aromatic carbocycles. The van der Waals surface area contributed by atoms with Gasteiger partial charge in [0, 0.05) is 6.20 Å². The molecule has 0 aliphatic rings. The van der Waals surface area contributed by atoms with Gasteiger partial charge in [-0.3, -0.25) is 5.43 Å². The Labute approximate surface area is 125 Å². The lowest BCUT2D eigenvalue weighted by atomic mass is 10.1. The minimum absolute atomic E-state index is 0.150. The van der Waals surface area contributed by atoms with Crippen LogP contribution in [0, 0.1) is 0 Å². The summed E-state index contributed by atoms with van der Waals surface area (Å²) in [6.45, 7) is 1.90. The summed E-state index contributed by atoms with van der Waals surface area (Å²) in [5.74, 6) is 0.370. The van der Waals surface area contributed by atoms with Crippen molar-refractivity contribution in [1.29, 1.82) is 0 Å². The third kappa shape index (κ3) is 3.97. The summed E-state index contributed by atoms with van der Waals surface area (Å²) in [5.41, 5.74) is 3.33. The van der Waals surface area contributed by atoms with Crippen LogP contribution in [0.5, 0.6) is 5.75 Å². The fourth-order valence-electron chi connectivity index (χ4n) is 1.75. The smallest absolute Gasteiger partial charge is 0.417 e. The number of pyridine rings is 1. The lowest BCUT2D eigenvalue weighted by Crippen LogP contribution is -2.07. The summed E-state index contributed by atoms with van der Waals surface area (Å²) in [6, 6.07) is 8.65. The van der Waals surface area contributed by atoms with E-state index in [1.165, 1.54) is 18.2 Å². The lowest BCUT2D eigenvalue weighted by molar-refractivity contribution is -0.137. The van der Waals surface area contributed by atoms with E-state index in [2.05, 4.69) is 15.5 Å². The summed E-state index contributed by atoms with van der Waals surface area (Å²) < 4.78 is 37.3. The van der Waals surface area contributed by atoms with Gasteiger partial charge in [-0.25, -0.2) is 4.98 Å². The highest BCUT2D eigenvalue weighted by molar-refractivity contribution is 6.00. The van der Waals surface area contributed by atoms with Gasteiger partial charge in [-0.05, 0) is 48.4 Å². The van der Waals surface area contributed by atoms with Crippen LogP contribution >= 0.6 is 0 Å². The number of hydrogen-bond acceptors (Lipinski definition) is 4. The molecule has 4 nitrogen and oxygen atoms in total. The van der Waals surface area contributed by atoms with Crippen molar-refractivity contribution < 1.29 is 18.3 Å². The highest BCUT2D eigenvalue weighted by Gasteiger charge is 2.30. The highest BCUT2D eigenvalue weighted by Crippen LogP contribution is 2.28. The number of hydrazone groups is 1. The third-order valence-electron chi connectivity index (χ3n) is 2.93. The average Bonchev–Trinajstić information content (AvgIpc) is 2.49. The van der Waals surface area contributed by atoms with Gasteiger partial charge < -0.3 is 5.11 Å². The Morgan fingerprint density at radius 2 is 1.86 bits per heavy atom. The molecule has 7 heteroatoms. The molecule has 2 aromatic rings. The molecule has 116 valence electrons.